The average molecular weight is 250 g/mol. The first-order valence-corrected chi connectivity index (χ1v) is 5.73. The van der Waals surface area contributed by atoms with E-state index in [1.165, 1.54) is 0 Å². The first kappa shape index (κ1) is 11.9. The second-order valence-corrected chi connectivity index (χ2v) is 4.49. The molecular weight excluding hydrogens is 238 g/mol. The van der Waals surface area contributed by atoms with Gasteiger partial charge in [0, 0.05) is 18.7 Å². The van der Waals surface area contributed by atoms with Crippen molar-refractivity contribution in [2.75, 3.05) is 18.0 Å². The highest BCUT2D eigenvalue weighted by molar-refractivity contribution is 6.31. The fourth-order valence-electron chi connectivity index (χ4n) is 1.96. The van der Waals surface area contributed by atoms with Crippen LogP contribution in [0.5, 0.6) is 0 Å². The van der Waals surface area contributed by atoms with Gasteiger partial charge in [-0.05, 0) is 30.7 Å². The minimum Gasteiger partial charge on any atom is -0.330 e. The van der Waals surface area contributed by atoms with Gasteiger partial charge in [-0.25, -0.2) is 0 Å². The summed E-state index contributed by atoms with van der Waals surface area (Å²) >= 11 is 5.85. The maximum Gasteiger partial charge on any atom is 0.227 e. The first-order chi connectivity index (χ1) is 8.15. The summed E-state index contributed by atoms with van der Waals surface area (Å²) in [6.45, 7) is 1.11. The van der Waals surface area contributed by atoms with Gasteiger partial charge in [-0.2, -0.15) is 5.26 Å². The lowest BCUT2D eigenvalue weighted by molar-refractivity contribution is -0.117. The molecule has 2 N–H and O–H groups in total. The standard InChI is InChI=1S/C12H12ClN3O/c13-11-2-1-10(4-9(11)6-15)16-7-8(5-14)3-12(16)17/h1-2,4,8H,3,5,7,14H2. The van der Waals surface area contributed by atoms with Crippen molar-refractivity contribution in [2.45, 2.75) is 6.42 Å². The fraction of sp³-hybridized carbons (Fsp3) is 0.333. The molecule has 88 valence electrons. The summed E-state index contributed by atoms with van der Waals surface area (Å²) in [5.74, 6) is 0.246. The Morgan fingerprint density at radius 1 is 1.59 bits per heavy atom. The molecule has 0 aromatic heterocycles. The van der Waals surface area contributed by atoms with E-state index in [-0.39, 0.29) is 11.8 Å². The summed E-state index contributed by atoms with van der Waals surface area (Å²) < 4.78 is 0. The lowest BCUT2D eigenvalue weighted by atomic mass is 10.1. The topological polar surface area (TPSA) is 70.1 Å². The molecule has 1 aromatic carbocycles. The van der Waals surface area contributed by atoms with E-state index in [2.05, 4.69) is 0 Å². The normalized spacial score (nSPS) is 19.5. The predicted octanol–water partition coefficient (Wildman–Crippen LogP) is 1.52. The largest absolute Gasteiger partial charge is 0.330 e. The number of benzene rings is 1. The van der Waals surface area contributed by atoms with Gasteiger partial charge in [-0.1, -0.05) is 11.6 Å². The summed E-state index contributed by atoms with van der Waals surface area (Å²) in [7, 11) is 0. The predicted molar refractivity (Wildman–Crippen MR) is 65.7 cm³/mol. The van der Waals surface area contributed by atoms with Crippen LogP contribution in [-0.2, 0) is 4.79 Å². The molecule has 1 atom stereocenters. The van der Waals surface area contributed by atoms with Gasteiger partial charge in [-0.3, -0.25) is 4.79 Å². The summed E-state index contributed by atoms with van der Waals surface area (Å²) in [5, 5.41) is 9.29. The Morgan fingerprint density at radius 2 is 2.35 bits per heavy atom. The van der Waals surface area contributed by atoms with E-state index in [1.807, 2.05) is 6.07 Å². The number of anilines is 1. The molecule has 0 radical (unpaired) electrons. The third-order valence-corrected chi connectivity index (χ3v) is 3.25. The van der Waals surface area contributed by atoms with Crippen LogP contribution in [0.1, 0.15) is 12.0 Å². The lowest BCUT2D eigenvalue weighted by Gasteiger charge is -2.17. The van der Waals surface area contributed by atoms with Crippen LogP contribution in [0, 0.1) is 17.2 Å². The smallest absolute Gasteiger partial charge is 0.227 e. The maximum absolute atomic E-state index is 11.8. The number of hydrogen-bond donors (Lipinski definition) is 1. The molecule has 1 heterocycles. The second kappa shape index (κ2) is 4.74. The summed E-state index contributed by atoms with van der Waals surface area (Å²) in [5.41, 5.74) is 6.66. The van der Waals surface area contributed by atoms with E-state index in [4.69, 9.17) is 22.6 Å². The molecule has 1 fully saturated rings. The van der Waals surface area contributed by atoms with E-state index >= 15 is 0 Å². The van der Waals surface area contributed by atoms with E-state index in [9.17, 15) is 4.79 Å². The third-order valence-electron chi connectivity index (χ3n) is 2.92. The highest BCUT2D eigenvalue weighted by Gasteiger charge is 2.29. The molecule has 0 spiro atoms. The van der Waals surface area contributed by atoms with Crippen LogP contribution >= 0.6 is 11.6 Å². The van der Waals surface area contributed by atoms with Crippen LogP contribution < -0.4 is 10.6 Å². The zero-order valence-electron chi connectivity index (χ0n) is 9.19. The van der Waals surface area contributed by atoms with Crippen LogP contribution in [0.4, 0.5) is 5.69 Å². The quantitative estimate of drug-likeness (QED) is 0.864. The van der Waals surface area contributed by atoms with Crippen molar-refractivity contribution in [3.63, 3.8) is 0 Å². The van der Waals surface area contributed by atoms with Crippen LogP contribution in [0.15, 0.2) is 18.2 Å². The van der Waals surface area contributed by atoms with Crippen molar-refractivity contribution in [1.82, 2.24) is 0 Å². The maximum atomic E-state index is 11.8. The van der Waals surface area contributed by atoms with Gasteiger partial charge in [0.1, 0.15) is 6.07 Å². The van der Waals surface area contributed by atoms with Gasteiger partial charge >= 0.3 is 0 Å². The Bertz CT molecular complexity index is 495. The minimum absolute atomic E-state index is 0.0478. The average Bonchev–Trinajstić information content (AvgIpc) is 2.71. The van der Waals surface area contributed by atoms with Crippen molar-refractivity contribution >= 4 is 23.2 Å². The van der Waals surface area contributed by atoms with Gasteiger partial charge in [0.05, 0.1) is 10.6 Å². The Hall–Kier alpha value is -1.57. The highest BCUT2D eigenvalue weighted by Crippen LogP contribution is 2.27. The molecule has 1 saturated heterocycles. The molecule has 0 saturated carbocycles. The number of amides is 1. The Balaban J connectivity index is 2.30. The number of halogens is 1. The third kappa shape index (κ3) is 2.26. The molecule has 17 heavy (non-hydrogen) atoms. The highest BCUT2D eigenvalue weighted by atomic mass is 35.5. The van der Waals surface area contributed by atoms with E-state index in [0.29, 0.717) is 35.8 Å². The lowest BCUT2D eigenvalue weighted by Crippen LogP contribution is -2.25. The van der Waals surface area contributed by atoms with E-state index in [0.717, 1.165) is 0 Å². The van der Waals surface area contributed by atoms with Gasteiger partial charge in [-0.15, -0.1) is 0 Å². The molecule has 4 nitrogen and oxygen atoms in total. The van der Waals surface area contributed by atoms with E-state index < -0.39 is 0 Å². The molecule has 2 rings (SSSR count). The molecule has 1 amide bonds. The monoisotopic (exact) mass is 249 g/mol. The summed E-state index contributed by atoms with van der Waals surface area (Å²) in [6.07, 6.45) is 0.473. The van der Waals surface area contributed by atoms with Crippen molar-refractivity contribution < 1.29 is 4.79 Å². The zero-order chi connectivity index (χ0) is 12.4. The van der Waals surface area contributed by atoms with Crippen LogP contribution in [0.2, 0.25) is 5.02 Å². The molecule has 1 aliphatic rings. The van der Waals surface area contributed by atoms with Gasteiger partial charge in [0.15, 0.2) is 0 Å². The number of hydrogen-bond acceptors (Lipinski definition) is 3. The minimum atomic E-state index is 0.0478. The first-order valence-electron chi connectivity index (χ1n) is 5.35. The Kier molecular flexibility index (Phi) is 3.32. The second-order valence-electron chi connectivity index (χ2n) is 4.09. The SMILES string of the molecule is N#Cc1cc(N2CC(CN)CC2=O)ccc1Cl. The molecule has 1 unspecified atom stereocenters. The molecule has 5 heteroatoms. The number of nitrogens with zero attached hydrogens (tertiary/aromatic N) is 2. The van der Waals surface area contributed by atoms with Crippen molar-refractivity contribution in [2.24, 2.45) is 11.7 Å². The fourth-order valence-corrected chi connectivity index (χ4v) is 2.12. The zero-order valence-corrected chi connectivity index (χ0v) is 9.94. The van der Waals surface area contributed by atoms with Crippen LogP contribution in [-0.4, -0.2) is 19.0 Å². The number of rotatable bonds is 2. The molecular formula is C12H12ClN3O. The van der Waals surface area contributed by atoms with Crippen molar-refractivity contribution in [3.8, 4) is 6.07 Å². The Labute approximate surface area is 105 Å². The summed E-state index contributed by atoms with van der Waals surface area (Å²) in [4.78, 5) is 13.4. The molecule has 1 aliphatic heterocycles. The van der Waals surface area contributed by atoms with Gasteiger partial charge in [0.25, 0.3) is 0 Å². The summed E-state index contributed by atoms with van der Waals surface area (Å²) in [6, 6.07) is 7.03. The number of nitriles is 1. The van der Waals surface area contributed by atoms with Crippen LogP contribution in [0.25, 0.3) is 0 Å². The molecule has 0 aliphatic carbocycles. The molecule has 0 bridgehead atoms. The van der Waals surface area contributed by atoms with Crippen molar-refractivity contribution in [3.05, 3.63) is 28.8 Å². The Morgan fingerprint density at radius 3 is 2.94 bits per heavy atom. The number of carbonyl (C=O) groups is 1. The van der Waals surface area contributed by atoms with E-state index in [1.54, 1.807) is 23.1 Å². The van der Waals surface area contributed by atoms with Gasteiger partial charge < -0.3 is 10.6 Å². The number of carbonyl (C=O) groups excluding carboxylic acids is 1. The van der Waals surface area contributed by atoms with Gasteiger partial charge in [0.2, 0.25) is 5.91 Å². The number of nitrogens with two attached hydrogens (primary N) is 1. The molecule has 1 aromatic rings. The van der Waals surface area contributed by atoms with Crippen molar-refractivity contribution in [1.29, 1.82) is 5.26 Å². The van der Waals surface area contributed by atoms with Crippen LogP contribution in [0.3, 0.4) is 0 Å².